The molecule has 29 heavy (non-hydrogen) atoms. The second-order valence-corrected chi connectivity index (χ2v) is 6.05. The van der Waals surface area contributed by atoms with Gasteiger partial charge in [-0.2, -0.15) is 18.3 Å². The lowest BCUT2D eigenvalue weighted by molar-refractivity contribution is -0.143. The highest BCUT2D eigenvalue weighted by molar-refractivity contribution is 5.89. The summed E-state index contributed by atoms with van der Waals surface area (Å²) in [6.45, 7) is 0. The number of benzene rings is 2. The molecule has 0 aliphatic heterocycles. The van der Waals surface area contributed by atoms with Crippen LogP contribution in [0, 0.1) is 0 Å². The van der Waals surface area contributed by atoms with Crippen LogP contribution in [0.3, 0.4) is 0 Å². The maximum atomic E-state index is 13.3. The van der Waals surface area contributed by atoms with Crippen LogP contribution in [-0.4, -0.2) is 35.9 Å². The highest BCUT2D eigenvalue weighted by Crippen LogP contribution is 2.33. The zero-order chi connectivity index (χ0) is 20.6. The van der Waals surface area contributed by atoms with Gasteiger partial charge in [-0.3, -0.25) is 0 Å². The fourth-order valence-corrected chi connectivity index (χ4v) is 2.85. The van der Waals surface area contributed by atoms with E-state index in [0.29, 0.717) is 22.3 Å². The minimum Gasteiger partial charge on any atom is -0.478 e. The summed E-state index contributed by atoms with van der Waals surface area (Å²) >= 11 is 0. The van der Waals surface area contributed by atoms with Crippen molar-refractivity contribution in [2.24, 2.45) is 0 Å². The van der Waals surface area contributed by atoms with Crippen molar-refractivity contribution in [3.05, 3.63) is 78.2 Å². The van der Waals surface area contributed by atoms with E-state index in [1.165, 1.54) is 16.8 Å². The van der Waals surface area contributed by atoms with E-state index in [4.69, 9.17) is 5.11 Å². The molecule has 0 aliphatic carbocycles. The van der Waals surface area contributed by atoms with Crippen molar-refractivity contribution in [1.82, 2.24) is 24.8 Å². The predicted octanol–water partition coefficient (Wildman–Crippen LogP) is 3.84. The number of aromatic carboxylic acids is 1. The topological polar surface area (TPSA) is 85.8 Å². The molecule has 0 saturated heterocycles. The van der Waals surface area contributed by atoms with Crippen molar-refractivity contribution in [1.29, 1.82) is 0 Å². The van der Waals surface area contributed by atoms with E-state index in [-0.39, 0.29) is 5.69 Å². The van der Waals surface area contributed by atoms with Crippen LogP contribution < -0.4 is 0 Å². The summed E-state index contributed by atoms with van der Waals surface area (Å²) in [5.41, 5.74) is -0.0926. The highest BCUT2D eigenvalue weighted by atomic mass is 19.4. The second kappa shape index (κ2) is 6.89. The first-order chi connectivity index (χ1) is 13.8. The summed E-state index contributed by atoms with van der Waals surface area (Å²) in [5, 5.41) is 20.7. The van der Waals surface area contributed by atoms with Gasteiger partial charge >= 0.3 is 12.1 Å². The molecule has 4 aromatic rings. The van der Waals surface area contributed by atoms with Crippen molar-refractivity contribution < 1.29 is 23.1 Å². The number of alkyl halides is 3. The maximum absolute atomic E-state index is 13.3. The Balaban J connectivity index is 1.68. The van der Waals surface area contributed by atoms with Gasteiger partial charge in [0.1, 0.15) is 11.3 Å². The molecule has 4 rings (SSSR count). The first-order valence-electron chi connectivity index (χ1n) is 8.31. The molecule has 0 saturated carbocycles. The van der Waals surface area contributed by atoms with Gasteiger partial charge in [-0.15, -0.1) is 5.10 Å². The standard InChI is InChI=1S/C19H12F3N5O2/c20-19(21,22)17-15(18(28)29)10-23-27(17)14-8-6-13(7-9-14)26-11-16(24-25-26)12-4-2-1-3-5-12/h1-11H,(H,28,29). The Morgan fingerprint density at radius 2 is 1.62 bits per heavy atom. The number of carboxylic acids is 1. The SMILES string of the molecule is O=C(O)c1cnn(-c2ccc(-n3cc(-c4ccccc4)nn3)cc2)c1C(F)(F)F. The quantitative estimate of drug-likeness (QED) is 0.564. The number of carbonyl (C=O) groups is 1. The van der Waals surface area contributed by atoms with E-state index >= 15 is 0 Å². The normalized spacial score (nSPS) is 11.6. The van der Waals surface area contributed by atoms with Gasteiger partial charge in [-0.05, 0) is 24.3 Å². The van der Waals surface area contributed by atoms with Crippen LogP contribution in [0.25, 0.3) is 22.6 Å². The summed E-state index contributed by atoms with van der Waals surface area (Å²) in [6, 6.07) is 15.3. The lowest BCUT2D eigenvalue weighted by Gasteiger charge is -2.12. The lowest BCUT2D eigenvalue weighted by Crippen LogP contribution is -2.17. The van der Waals surface area contributed by atoms with Gasteiger partial charge in [0.2, 0.25) is 0 Å². The monoisotopic (exact) mass is 399 g/mol. The summed E-state index contributed by atoms with van der Waals surface area (Å²) in [7, 11) is 0. The number of hydrogen-bond donors (Lipinski definition) is 1. The molecule has 0 aliphatic rings. The molecular weight excluding hydrogens is 387 g/mol. The minimum atomic E-state index is -4.88. The molecule has 7 nitrogen and oxygen atoms in total. The molecule has 0 amide bonds. The zero-order valence-corrected chi connectivity index (χ0v) is 14.6. The second-order valence-electron chi connectivity index (χ2n) is 6.05. The Kier molecular flexibility index (Phi) is 4.38. The molecule has 1 N–H and O–H groups in total. The summed E-state index contributed by atoms with van der Waals surface area (Å²) in [6.07, 6.45) is -2.50. The van der Waals surface area contributed by atoms with Crippen LogP contribution in [0.2, 0.25) is 0 Å². The third-order valence-electron chi connectivity index (χ3n) is 4.19. The van der Waals surface area contributed by atoms with Crippen molar-refractivity contribution in [2.75, 3.05) is 0 Å². The van der Waals surface area contributed by atoms with Crippen LogP contribution in [0.4, 0.5) is 13.2 Å². The Bertz CT molecular complexity index is 1160. The van der Waals surface area contributed by atoms with Gasteiger partial charge in [-0.25, -0.2) is 14.2 Å². The first kappa shape index (κ1) is 18.4. The molecule has 2 heterocycles. The maximum Gasteiger partial charge on any atom is 0.434 e. The number of hydrogen-bond acceptors (Lipinski definition) is 4. The van der Waals surface area contributed by atoms with E-state index in [2.05, 4.69) is 15.4 Å². The molecule has 146 valence electrons. The minimum absolute atomic E-state index is 0.0666. The molecule has 2 aromatic heterocycles. The van der Waals surface area contributed by atoms with Crippen molar-refractivity contribution in [2.45, 2.75) is 6.18 Å². The molecule has 0 spiro atoms. The van der Waals surface area contributed by atoms with E-state index in [0.717, 1.165) is 5.56 Å². The van der Waals surface area contributed by atoms with Crippen LogP contribution in [0.1, 0.15) is 16.1 Å². The van der Waals surface area contributed by atoms with Gasteiger partial charge in [0.15, 0.2) is 5.69 Å². The van der Waals surface area contributed by atoms with Crippen LogP contribution >= 0.6 is 0 Å². The Morgan fingerprint density at radius 3 is 2.24 bits per heavy atom. The summed E-state index contributed by atoms with van der Waals surface area (Å²) < 4.78 is 42.1. The number of nitrogens with zero attached hydrogens (tertiary/aromatic N) is 5. The molecular formula is C19H12F3N5O2. The first-order valence-corrected chi connectivity index (χ1v) is 8.31. The largest absolute Gasteiger partial charge is 0.478 e. The number of carboxylic acid groups (broad SMARTS) is 1. The Labute approximate surface area is 161 Å². The third kappa shape index (κ3) is 3.47. The van der Waals surface area contributed by atoms with Crippen molar-refractivity contribution in [3.8, 4) is 22.6 Å². The predicted molar refractivity (Wildman–Crippen MR) is 95.9 cm³/mol. The highest BCUT2D eigenvalue weighted by Gasteiger charge is 2.40. The molecule has 0 unspecified atom stereocenters. The number of aromatic nitrogens is 5. The van der Waals surface area contributed by atoms with Gasteiger partial charge in [0.25, 0.3) is 0 Å². The molecule has 0 atom stereocenters. The van der Waals surface area contributed by atoms with E-state index in [1.807, 2.05) is 30.3 Å². The van der Waals surface area contributed by atoms with E-state index in [1.54, 1.807) is 18.3 Å². The molecule has 0 bridgehead atoms. The fraction of sp³-hybridized carbons (Fsp3) is 0.0526. The molecule has 10 heteroatoms. The number of rotatable bonds is 4. The van der Waals surface area contributed by atoms with Gasteiger partial charge in [0.05, 0.1) is 23.8 Å². The third-order valence-corrected chi connectivity index (χ3v) is 4.19. The van der Waals surface area contributed by atoms with Crippen LogP contribution in [0.5, 0.6) is 0 Å². The molecule has 0 radical (unpaired) electrons. The summed E-state index contributed by atoms with van der Waals surface area (Å²) in [4.78, 5) is 11.1. The summed E-state index contributed by atoms with van der Waals surface area (Å²) in [5.74, 6) is -1.70. The van der Waals surface area contributed by atoms with E-state index in [9.17, 15) is 18.0 Å². The van der Waals surface area contributed by atoms with Crippen LogP contribution in [0.15, 0.2) is 67.0 Å². The van der Waals surface area contributed by atoms with Crippen molar-refractivity contribution in [3.63, 3.8) is 0 Å². The van der Waals surface area contributed by atoms with Crippen LogP contribution in [-0.2, 0) is 6.18 Å². The van der Waals surface area contributed by atoms with Gasteiger partial charge < -0.3 is 5.11 Å². The van der Waals surface area contributed by atoms with Gasteiger partial charge in [-0.1, -0.05) is 35.5 Å². The van der Waals surface area contributed by atoms with E-state index < -0.39 is 23.4 Å². The fourth-order valence-electron chi connectivity index (χ4n) is 2.85. The molecule has 2 aromatic carbocycles. The number of halogens is 3. The Morgan fingerprint density at radius 1 is 0.966 bits per heavy atom. The van der Waals surface area contributed by atoms with Crippen molar-refractivity contribution >= 4 is 5.97 Å². The molecule has 0 fully saturated rings. The van der Waals surface area contributed by atoms with Gasteiger partial charge in [0, 0.05) is 5.56 Å². The average Bonchev–Trinajstić information content (AvgIpc) is 3.36. The Hall–Kier alpha value is -3.95. The average molecular weight is 399 g/mol. The zero-order valence-electron chi connectivity index (χ0n) is 14.6. The lowest BCUT2D eigenvalue weighted by atomic mass is 10.2. The smallest absolute Gasteiger partial charge is 0.434 e.